The largest absolute Gasteiger partial charge is 0.394 e. The molecule has 7 N–H and O–H groups in total. The van der Waals surface area contributed by atoms with E-state index in [9.17, 15) is 35.4 Å². The Kier molecular flexibility index (Phi) is 15.9. The number of aliphatic hydroxyl groups is 6. The van der Waals surface area contributed by atoms with Crippen LogP contribution in [0.1, 0.15) is 94.4 Å². The van der Waals surface area contributed by atoms with Crippen molar-refractivity contribution in [2.45, 2.75) is 134 Å². The molecule has 8 atom stereocenters. The number of nitrogens with one attached hydrogen (secondary N) is 1. The number of carbonyl (C=O) groups is 1. The van der Waals surface area contributed by atoms with Gasteiger partial charge in [-0.25, -0.2) is 0 Å². The summed E-state index contributed by atoms with van der Waals surface area (Å²) in [7, 11) is 0. The molecule has 254 valence electrons. The summed E-state index contributed by atoms with van der Waals surface area (Å²) >= 11 is 0. The molecule has 12 heteroatoms. The maximum Gasteiger partial charge on any atom is 0.220 e. The third-order valence-corrected chi connectivity index (χ3v) is 8.31. The molecule has 0 bridgehead atoms. The Morgan fingerprint density at radius 1 is 0.956 bits per heavy atom. The molecule has 1 fully saturated rings. The second kappa shape index (κ2) is 19.3. The first-order valence-corrected chi connectivity index (χ1v) is 16.4. The highest BCUT2D eigenvalue weighted by Gasteiger charge is 2.44. The fraction of sp³-hybridized carbons (Fsp3) is 0.697. The number of carbonyl (C=O) groups excluding carboxylic acids is 1. The zero-order valence-corrected chi connectivity index (χ0v) is 26.6. The number of ether oxygens (including phenoxy) is 2. The van der Waals surface area contributed by atoms with Crippen molar-refractivity contribution in [3.63, 3.8) is 0 Å². The number of nitrogens with zero attached hydrogens (tertiary/aromatic N) is 2. The molecule has 45 heavy (non-hydrogen) atoms. The van der Waals surface area contributed by atoms with Crippen LogP contribution < -0.4 is 5.32 Å². The van der Waals surface area contributed by atoms with Gasteiger partial charge in [0, 0.05) is 18.2 Å². The molecule has 2 aromatic rings. The van der Waals surface area contributed by atoms with E-state index in [0.717, 1.165) is 31.2 Å². The summed E-state index contributed by atoms with van der Waals surface area (Å²) in [6, 6.07) is 7.23. The Morgan fingerprint density at radius 2 is 1.62 bits per heavy atom. The molecule has 1 aliphatic heterocycles. The van der Waals surface area contributed by atoms with Gasteiger partial charge in [0.05, 0.1) is 32.0 Å². The molecular weight excluding hydrogens is 582 g/mol. The van der Waals surface area contributed by atoms with Gasteiger partial charge in [-0.2, -0.15) is 5.10 Å². The second-order valence-corrected chi connectivity index (χ2v) is 12.0. The van der Waals surface area contributed by atoms with Crippen LogP contribution in [0.4, 0.5) is 0 Å². The van der Waals surface area contributed by atoms with Gasteiger partial charge in [0.1, 0.15) is 36.6 Å². The zero-order chi connectivity index (χ0) is 32.8. The topological polar surface area (TPSA) is 187 Å². The van der Waals surface area contributed by atoms with Crippen LogP contribution in [0.3, 0.4) is 0 Å². The lowest BCUT2D eigenvalue weighted by Crippen LogP contribution is -2.60. The summed E-state index contributed by atoms with van der Waals surface area (Å²) in [6.45, 7) is 3.71. The standard InChI is InChI=1S/C33H53N3O9/c1-3-5-7-9-11-22-13-15-23(16-14-22)18-36-19-24(17-34-36)28(39)29(40)25(35-27(38)12-10-8-6-4-2)21-44-33-32(43)31(42)30(41)26(20-37)45-33/h13-17,19,25-26,28-33,37,39-43H,3-12,18,20-21H2,1-2H3,(H,35,38)/t25-,26+,28+,29-,30-,31-,32+,33-/m0/s1. The average Bonchev–Trinajstić information content (AvgIpc) is 3.51. The average molecular weight is 636 g/mol. The van der Waals surface area contributed by atoms with Crippen molar-refractivity contribution in [2.24, 2.45) is 0 Å². The van der Waals surface area contributed by atoms with E-state index in [2.05, 4.69) is 48.5 Å². The van der Waals surface area contributed by atoms with Crippen LogP contribution in [-0.4, -0.2) is 102 Å². The van der Waals surface area contributed by atoms with Crippen molar-refractivity contribution in [3.8, 4) is 0 Å². The number of rotatable bonds is 20. The molecule has 1 amide bonds. The highest BCUT2D eigenvalue weighted by Crippen LogP contribution is 2.24. The summed E-state index contributed by atoms with van der Waals surface area (Å²) in [4.78, 5) is 12.7. The van der Waals surface area contributed by atoms with Crippen LogP contribution in [0, 0.1) is 0 Å². The summed E-state index contributed by atoms with van der Waals surface area (Å²) in [5, 5.41) is 69.3. The lowest BCUT2D eigenvalue weighted by molar-refractivity contribution is -0.303. The van der Waals surface area contributed by atoms with E-state index in [4.69, 9.17) is 9.47 Å². The van der Waals surface area contributed by atoms with Gasteiger partial charge in [0.15, 0.2) is 6.29 Å². The van der Waals surface area contributed by atoms with E-state index in [1.165, 1.54) is 37.4 Å². The van der Waals surface area contributed by atoms with Crippen LogP contribution in [0.15, 0.2) is 36.7 Å². The Morgan fingerprint density at radius 3 is 2.29 bits per heavy atom. The number of benzene rings is 1. The number of hydrogen-bond donors (Lipinski definition) is 7. The second-order valence-electron chi connectivity index (χ2n) is 12.0. The van der Waals surface area contributed by atoms with Crippen LogP contribution in [0.5, 0.6) is 0 Å². The molecule has 12 nitrogen and oxygen atoms in total. The van der Waals surface area contributed by atoms with Crippen molar-refractivity contribution in [1.82, 2.24) is 15.1 Å². The molecule has 2 heterocycles. The normalized spacial score (nSPS) is 23.9. The summed E-state index contributed by atoms with van der Waals surface area (Å²) in [5.74, 6) is -0.343. The lowest BCUT2D eigenvalue weighted by Gasteiger charge is -2.40. The fourth-order valence-corrected chi connectivity index (χ4v) is 5.41. The molecule has 0 radical (unpaired) electrons. The van der Waals surface area contributed by atoms with Crippen molar-refractivity contribution in [3.05, 3.63) is 53.3 Å². The first-order chi connectivity index (χ1) is 21.7. The maximum atomic E-state index is 12.7. The quantitative estimate of drug-likeness (QED) is 0.106. The van der Waals surface area contributed by atoms with Crippen LogP contribution in [-0.2, 0) is 27.2 Å². The highest BCUT2D eigenvalue weighted by atomic mass is 16.7. The maximum absolute atomic E-state index is 12.7. The molecule has 1 aliphatic rings. The molecule has 1 aromatic heterocycles. The third-order valence-electron chi connectivity index (χ3n) is 8.31. The van der Waals surface area contributed by atoms with Crippen LogP contribution in [0.2, 0.25) is 0 Å². The smallest absolute Gasteiger partial charge is 0.220 e. The van der Waals surface area contributed by atoms with E-state index in [0.29, 0.717) is 18.5 Å². The van der Waals surface area contributed by atoms with E-state index in [1.807, 2.05) is 0 Å². The van der Waals surface area contributed by atoms with E-state index < -0.39 is 62.2 Å². The number of aliphatic hydroxyl groups excluding tert-OH is 6. The summed E-state index contributed by atoms with van der Waals surface area (Å²) in [6.07, 6.45) is 2.30. The van der Waals surface area contributed by atoms with Gasteiger partial charge in [0.25, 0.3) is 0 Å². The zero-order valence-electron chi connectivity index (χ0n) is 26.6. The molecule has 1 saturated heterocycles. The highest BCUT2D eigenvalue weighted by molar-refractivity contribution is 5.76. The number of amides is 1. The van der Waals surface area contributed by atoms with Gasteiger partial charge in [-0.15, -0.1) is 0 Å². The van der Waals surface area contributed by atoms with Gasteiger partial charge >= 0.3 is 0 Å². The Labute approximate surface area is 266 Å². The Bertz CT molecular complexity index is 1110. The molecular formula is C33H53N3O9. The van der Waals surface area contributed by atoms with Gasteiger partial charge in [0.2, 0.25) is 5.91 Å². The summed E-state index contributed by atoms with van der Waals surface area (Å²) in [5.41, 5.74) is 2.67. The van der Waals surface area contributed by atoms with Gasteiger partial charge in [-0.05, 0) is 30.4 Å². The monoisotopic (exact) mass is 635 g/mol. The molecule has 0 aliphatic carbocycles. The van der Waals surface area contributed by atoms with Crippen molar-refractivity contribution < 1.29 is 44.9 Å². The Hall–Kier alpha value is -2.42. The first kappa shape index (κ1) is 37.0. The minimum absolute atomic E-state index is 0.217. The van der Waals surface area contributed by atoms with E-state index in [1.54, 1.807) is 10.9 Å². The van der Waals surface area contributed by atoms with Crippen molar-refractivity contribution in [1.29, 1.82) is 0 Å². The molecule has 0 unspecified atom stereocenters. The number of hydrogen-bond acceptors (Lipinski definition) is 10. The van der Waals surface area contributed by atoms with Gasteiger partial charge < -0.3 is 45.4 Å². The van der Waals surface area contributed by atoms with Crippen molar-refractivity contribution in [2.75, 3.05) is 13.2 Å². The number of aromatic nitrogens is 2. The third kappa shape index (κ3) is 11.4. The van der Waals surface area contributed by atoms with Crippen LogP contribution >= 0.6 is 0 Å². The molecule has 0 spiro atoms. The SMILES string of the molecule is CCCCCCC(=O)N[C@@H](CO[C@H]1O[C@H](CO)[C@H](O)[C@H](O)[C@H]1O)[C@H](O)[C@H](O)c1cnn(Cc2ccc(CCCCCC)cc2)c1. The van der Waals surface area contributed by atoms with Crippen molar-refractivity contribution >= 4 is 5.91 Å². The minimum Gasteiger partial charge on any atom is -0.394 e. The number of unbranched alkanes of at least 4 members (excludes halogenated alkanes) is 6. The predicted molar refractivity (Wildman–Crippen MR) is 167 cm³/mol. The fourth-order valence-electron chi connectivity index (χ4n) is 5.41. The Balaban J connectivity index is 1.64. The molecule has 0 saturated carbocycles. The molecule has 1 aromatic carbocycles. The van der Waals surface area contributed by atoms with Crippen LogP contribution in [0.25, 0.3) is 0 Å². The van der Waals surface area contributed by atoms with Gasteiger partial charge in [-0.1, -0.05) is 76.6 Å². The summed E-state index contributed by atoms with van der Waals surface area (Å²) < 4.78 is 12.7. The number of aryl methyl sites for hydroxylation is 1. The van der Waals surface area contributed by atoms with Gasteiger partial charge in [-0.3, -0.25) is 9.48 Å². The predicted octanol–water partition coefficient (Wildman–Crippen LogP) is 1.72. The first-order valence-electron chi connectivity index (χ1n) is 16.4. The van der Waals surface area contributed by atoms with E-state index in [-0.39, 0.29) is 12.3 Å². The minimum atomic E-state index is -1.65. The van der Waals surface area contributed by atoms with E-state index >= 15 is 0 Å². The lowest BCUT2D eigenvalue weighted by atomic mass is 9.99. The molecule has 3 rings (SSSR count).